The SMILES string of the molecule is COC(=O)CCNc1ccc(C#N)c2ccccc12. The number of anilines is 1. The number of ether oxygens (including phenoxy) is 1. The Bertz CT molecular complexity index is 644. The first-order valence-corrected chi connectivity index (χ1v) is 5.99. The molecule has 19 heavy (non-hydrogen) atoms. The lowest BCUT2D eigenvalue weighted by Gasteiger charge is -2.10. The Morgan fingerprint density at radius 2 is 2.00 bits per heavy atom. The summed E-state index contributed by atoms with van der Waals surface area (Å²) >= 11 is 0. The third-order valence-electron chi connectivity index (χ3n) is 2.92. The molecule has 0 aliphatic heterocycles. The van der Waals surface area contributed by atoms with Gasteiger partial charge in [0.1, 0.15) is 0 Å². The highest BCUT2D eigenvalue weighted by Gasteiger charge is 2.05. The van der Waals surface area contributed by atoms with Gasteiger partial charge in [0.2, 0.25) is 0 Å². The number of nitrogens with zero attached hydrogens (tertiary/aromatic N) is 1. The maximum atomic E-state index is 11.1. The molecule has 0 bridgehead atoms. The normalized spacial score (nSPS) is 9.89. The molecule has 0 aliphatic carbocycles. The molecule has 0 heterocycles. The van der Waals surface area contributed by atoms with Gasteiger partial charge in [0, 0.05) is 23.0 Å². The van der Waals surface area contributed by atoms with E-state index in [0.717, 1.165) is 16.5 Å². The average Bonchev–Trinajstić information content (AvgIpc) is 2.47. The zero-order valence-electron chi connectivity index (χ0n) is 10.6. The van der Waals surface area contributed by atoms with Gasteiger partial charge in [-0.2, -0.15) is 5.26 Å². The number of hydrogen-bond acceptors (Lipinski definition) is 4. The summed E-state index contributed by atoms with van der Waals surface area (Å²) in [5.74, 6) is -0.245. The van der Waals surface area contributed by atoms with Crippen molar-refractivity contribution in [2.75, 3.05) is 19.0 Å². The maximum Gasteiger partial charge on any atom is 0.307 e. The zero-order chi connectivity index (χ0) is 13.7. The second-order valence-electron chi connectivity index (χ2n) is 4.07. The lowest BCUT2D eigenvalue weighted by Crippen LogP contribution is -2.09. The van der Waals surface area contributed by atoms with Crippen molar-refractivity contribution < 1.29 is 9.53 Å². The van der Waals surface area contributed by atoms with Crippen LogP contribution in [0.5, 0.6) is 0 Å². The minimum absolute atomic E-state index is 0.245. The van der Waals surface area contributed by atoms with Gasteiger partial charge in [-0.05, 0) is 12.1 Å². The molecule has 0 aromatic heterocycles. The average molecular weight is 254 g/mol. The summed E-state index contributed by atoms with van der Waals surface area (Å²) in [6.07, 6.45) is 0.310. The maximum absolute atomic E-state index is 11.1. The van der Waals surface area contributed by atoms with Gasteiger partial charge in [0.15, 0.2) is 0 Å². The highest BCUT2D eigenvalue weighted by molar-refractivity contribution is 5.97. The van der Waals surface area contributed by atoms with Crippen LogP contribution in [-0.4, -0.2) is 19.6 Å². The van der Waals surface area contributed by atoms with Gasteiger partial charge in [0.25, 0.3) is 0 Å². The number of carbonyl (C=O) groups is 1. The summed E-state index contributed by atoms with van der Waals surface area (Å²) < 4.78 is 4.59. The second-order valence-corrected chi connectivity index (χ2v) is 4.07. The summed E-state index contributed by atoms with van der Waals surface area (Å²) in [4.78, 5) is 11.1. The zero-order valence-corrected chi connectivity index (χ0v) is 10.6. The predicted octanol–water partition coefficient (Wildman–Crippen LogP) is 2.69. The Balaban J connectivity index is 2.25. The molecule has 2 aromatic rings. The van der Waals surface area contributed by atoms with E-state index in [1.807, 2.05) is 30.3 Å². The third kappa shape index (κ3) is 2.83. The summed E-state index contributed by atoms with van der Waals surface area (Å²) in [5, 5.41) is 14.2. The Morgan fingerprint density at radius 1 is 1.26 bits per heavy atom. The monoisotopic (exact) mass is 254 g/mol. The van der Waals surface area contributed by atoms with Crippen molar-refractivity contribution in [3.05, 3.63) is 42.0 Å². The van der Waals surface area contributed by atoms with E-state index in [1.165, 1.54) is 7.11 Å². The molecule has 0 fully saturated rings. The first-order chi connectivity index (χ1) is 9.26. The Labute approximate surface area is 111 Å². The Hall–Kier alpha value is -2.54. The van der Waals surface area contributed by atoms with E-state index in [9.17, 15) is 4.79 Å². The van der Waals surface area contributed by atoms with Crippen LogP contribution in [0, 0.1) is 11.3 Å². The fourth-order valence-electron chi connectivity index (χ4n) is 1.95. The van der Waals surface area contributed by atoms with Gasteiger partial charge >= 0.3 is 5.97 Å². The van der Waals surface area contributed by atoms with Gasteiger partial charge < -0.3 is 10.1 Å². The third-order valence-corrected chi connectivity index (χ3v) is 2.92. The summed E-state index contributed by atoms with van der Waals surface area (Å²) in [6.45, 7) is 0.503. The van der Waals surface area contributed by atoms with Gasteiger partial charge in [-0.1, -0.05) is 24.3 Å². The molecule has 0 aliphatic rings. The number of esters is 1. The van der Waals surface area contributed by atoms with Crippen molar-refractivity contribution in [3.63, 3.8) is 0 Å². The molecule has 4 heteroatoms. The van der Waals surface area contributed by atoms with Crippen molar-refractivity contribution in [3.8, 4) is 6.07 Å². The van der Waals surface area contributed by atoms with Crippen LogP contribution >= 0.6 is 0 Å². The van der Waals surface area contributed by atoms with Crippen LogP contribution in [0.15, 0.2) is 36.4 Å². The molecule has 4 nitrogen and oxygen atoms in total. The lowest BCUT2D eigenvalue weighted by molar-refractivity contribution is -0.140. The van der Waals surface area contributed by atoms with Crippen molar-refractivity contribution in [2.24, 2.45) is 0 Å². The van der Waals surface area contributed by atoms with Crippen LogP contribution in [0.2, 0.25) is 0 Å². The molecule has 0 unspecified atom stereocenters. The van der Waals surface area contributed by atoms with Gasteiger partial charge in [0.05, 0.1) is 25.2 Å². The molecule has 0 amide bonds. The summed E-state index contributed by atoms with van der Waals surface area (Å²) in [5.41, 5.74) is 1.56. The van der Waals surface area contributed by atoms with Crippen LogP contribution in [0.25, 0.3) is 10.8 Å². The first kappa shape index (κ1) is 12.9. The fourth-order valence-corrected chi connectivity index (χ4v) is 1.95. The predicted molar refractivity (Wildman–Crippen MR) is 73.8 cm³/mol. The molecule has 0 spiro atoms. The summed E-state index contributed by atoms with van der Waals surface area (Å²) in [6, 6.07) is 13.5. The molecular formula is C15H14N2O2. The van der Waals surface area contributed by atoms with E-state index in [0.29, 0.717) is 18.5 Å². The molecule has 0 saturated heterocycles. The van der Waals surface area contributed by atoms with Gasteiger partial charge in [-0.15, -0.1) is 0 Å². The van der Waals surface area contributed by atoms with Gasteiger partial charge in [-0.25, -0.2) is 0 Å². The molecule has 2 rings (SSSR count). The molecule has 96 valence electrons. The number of rotatable bonds is 4. The van der Waals surface area contributed by atoms with Crippen molar-refractivity contribution >= 4 is 22.4 Å². The van der Waals surface area contributed by atoms with Crippen LogP contribution < -0.4 is 5.32 Å². The standard InChI is InChI=1S/C15H14N2O2/c1-19-15(18)8-9-17-14-7-6-11(10-16)12-4-2-3-5-13(12)14/h2-7,17H,8-9H2,1H3. The van der Waals surface area contributed by atoms with Crippen molar-refractivity contribution in [1.29, 1.82) is 5.26 Å². The molecular weight excluding hydrogens is 240 g/mol. The molecule has 0 atom stereocenters. The Morgan fingerprint density at radius 3 is 2.68 bits per heavy atom. The smallest absolute Gasteiger partial charge is 0.307 e. The number of nitriles is 1. The number of methoxy groups -OCH3 is 1. The van der Waals surface area contributed by atoms with E-state index >= 15 is 0 Å². The number of carbonyl (C=O) groups excluding carboxylic acids is 1. The fraction of sp³-hybridized carbons (Fsp3) is 0.200. The van der Waals surface area contributed by atoms with Crippen LogP contribution in [0.4, 0.5) is 5.69 Å². The van der Waals surface area contributed by atoms with Crippen molar-refractivity contribution in [2.45, 2.75) is 6.42 Å². The largest absolute Gasteiger partial charge is 0.469 e. The van der Waals surface area contributed by atoms with Gasteiger partial charge in [-0.3, -0.25) is 4.79 Å². The highest BCUT2D eigenvalue weighted by atomic mass is 16.5. The quantitative estimate of drug-likeness (QED) is 0.852. The Kier molecular flexibility index (Phi) is 3.99. The van der Waals surface area contributed by atoms with E-state index in [1.54, 1.807) is 6.07 Å². The minimum atomic E-state index is -0.245. The van der Waals surface area contributed by atoms with Crippen LogP contribution in [-0.2, 0) is 9.53 Å². The summed E-state index contributed by atoms with van der Waals surface area (Å²) in [7, 11) is 1.37. The molecule has 1 N–H and O–H groups in total. The van der Waals surface area contributed by atoms with Crippen LogP contribution in [0.1, 0.15) is 12.0 Å². The minimum Gasteiger partial charge on any atom is -0.469 e. The van der Waals surface area contributed by atoms with E-state index in [2.05, 4.69) is 16.1 Å². The number of nitrogens with one attached hydrogen (secondary N) is 1. The number of fused-ring (bicyclic) bond motifs is 1. The van der Waals surface area contributed by atoms with Crippen LogP contribution in [0.3, 0.4) is 0 Å². The van der Waals surface area contributed by atoms with E-state index in [-0.39, 0.29) is 5.97 Å². The van der Waals surface area contributed by atoms with E-state index < -0.39 is 0 Å². The molecule has 0 radical (unpaired) electrons. The molecule has 2 aromatic carbocycles. The number of benzene rings is 2. The lowest BCUT2D eigenvalue weighted by atomic mass is 10.0. The number of hydrogen-bond donors (Lipinski definition) is 1. The highest BCUT2D eigenvalue weighted by Crippen LogP contribution is 2.26. The topological polar surface area (TPSA) is 62.1 Å². The van der Waals surface area contributed by atoms with Crippen molar-refractivity contribution in [1.82, 2.24) is 0 Å². The second kappa shape index (κ2) is 5.87. The first-order valence-electron chi connectivity index (χ1n) is 5.99. The molecule has 0 saturated carbocycles. The van der Waals surface area contributed by atoms with E-state index in [4.69, 9.17) is 5.26 Å².